The molecule has 0 saturated carbocycles. The van der Waals surface area contributed by atoms with Crippen molar-refractivity contribution in [1.82, 2.24) is 4.90 Å². The second kappa shape index (κ2) is 4.42. The van der Waals surface area contributed by atoms with Crippen LogP contribution in [0.15, 0.2) is 18.2 Å². The molecule has 1 aliphatic rings. The lowest BCUT2D eigenvalue weighted by Crippen LogP contribution is -2.29. The van der Waals surface area contributed by atoms with E-state index >= 15 is 0 Å². The summed E-state index contributed by atoms with van der Waals surface area (Å²) in [4.78, 5) is 2.32. The molecule has 1 N–H and O–H groups in total. The molecule has 3 heteroatoms. The minimum absolute atomic E-state index is 0.344. The van der Waals surface area contributed by atoms with Gasteiger partial charge in [-0.25, -0.2) is 0 Å². The van der Waals surface area contributed by atoms with Crippen LogP contribution in [0.25, 0.3) is 0 Å². The van der Waals surface area contributed by atoms with E-state index in [9.17, 15) is 5.11 Å². The molecule has 1 saturated heterocycles. The molecule has 82 valence electrons. The van der Waals surface area contributed by atoms with Crippen molar-refractivity contribution in [2.75, 3.05) is 20.1 Å². The third-order valence-corrected chi connectivity index (χ3v) is 3.39. The molecule has 1 fully saturated rings. The number of phenols is 1. The Kier molecular flexibility index (Phi) is 3.17. The summed E-state index contributed by atoms with van der Waals surface area (Å²) in [5, 5.41) is 10.4. The van der Waals surface area contributed by atoms with Crippen LogP contribution in [0.5, 0.6) is 5.75 Å². The summed E-state index contributed by atoms with van der Waals surface area (Å²) in [7, 11) is 2.14. The summed E-state index contributed by atoms with van der Waals surface area (Å²) in [5.41, 5.74) is 1.05. The van der Waals surface area contributed by atoms with Crippen LogP contribution in [0.3, 0.4) is 0 Å². The number of nitrogens with zero attached hydrogens (tertiary/aromatic N) is 1. The zero-order chi connectivity index (χ0) is 10.8. The number of rotatable bonds is 1. The molecule has 1 heterocycles. The highest BCUT2D eigenvalue weighted by atomic mass is 35.5. The van der Waals surface area contributed by atoms with Crippen molar-refractivity contribution in [1.29, 1.82) is 0 Å². The van der Waals surface area contributed by atoms with Gasteiger partial charge >= 0.3 is 0 Å². The van der Waals surface area contributed by atoms with Gasteiger partial charge in [0.2, 0.25) is 0 Å². The molecule has 0 unspecified atom stereocenters. The number of halogens is 1. The average molecular weight is 226 g/mol. The van der Waals surface area contributed by atoms with Crippen LogP contribution >= 0.6 is 11.6 Å². The van der Waals surface area contributed by atoms with Gasteiger partial charge in [0.1, 0.15) is 5.75 Å². The van der Waals surface area contributed by atoms with E-state index in [0.717, 1.165) is 31.5 Å². The van der Waals surface area contributed by atoms with Gasteiger partial charge in [0.15, 0.2) is 0 Å². The number of hydrogen-bond donors (Lipinski definition) is 1. The van der Waals surface area contributed by atoms with Crippen molar-refractivity contribution in [2.24, 2.45) is 0 Å². The molecule has 0 aliphatic carbocycles. The summed E-state index contributed by atoms with van der Waals surface area (Å²) >= 11 is 5.81. The standard InChI is InChI=1S/C12H16ClNO/c1-14-6-4-9(5-7-14)11-3-2-10(13)8-12(11)15/h2-3,8-9,15H,4-7H2,1H3. The smallest absolute Gasteiger partial charge is 0.120 e. The maximum Gasteiger partial charge on any atom is 0.120 e. The van der Waals surface area contributed by atoms with Gasteiger partial charge in [-0.2, -0.15) is 0 Å². The van der Waals surface area contributed by atoms with E-state index < -0.39 is 0 Å². The molecule has 1 aromatic rings. The van der Waals surface area contributed by atoms with Gasteiger partial charge < -0.3 is 10.0 Å². The Hall–Kier alpha value is -0.730. The SMILES string of the molecule is CN1CCC(c2ccc(Cl)cc2O)CC1. The van der Waals surface area contributed by atoms with E-state index in [1.54, 1.807) is 6.07 Å². The molecule has 15 heavy (non-hydrogen) atoms. The number of aromatic hydroxyl groups is 1. The van der Waals surface area contributed by atoms with E-state index in [1.165, 1.54) is 0 Å². The van der Waals surface area contributed by atoms with Crippen LogP contribution < -0.4 is 0 Å². The summed E-state index contributed by atoms with van der Waals surface area (Å²) in [6.07, 6.45) is 2.23. The summed E-state index contributed by atoms with van der Waals surface area (Å²) in [6.45, 7) is 2.21. The average Bonchev–Trinajstić information content (AvgIpc) is 2.20. The molecule has 0 aromatic heterocycles. The second-order valence-corrected chi connectivity index (χ2v) is 4.72. The first-order valence-electron chi connectivity index (χ1n) is 5.34. The minimum atomic E-state index is 0.344. The van der Waals surface area contributed by atoms with Gasteiger partial charge in [0.05, 0.1) is 0 Å². The predicted molar refractivity (Wildman–Crippen MR) is 62.6 cm³/mol. The van der Waals surface area contributed by atoms with Crippen LogP contribution in [0.2, 0.25) is 5.02 Å². The largest absolute Gasteiger partial charge is 0.508 e. The molecule has 1 aliphatic heterocycles. The minimum Gasteiger partial charge on any atom is -0.508 e. The monoisotopic (exact) mass is 225 g/mol. The maximum absolute atomic E-state index is 9.81. The van der Waals surface area contributed by atoms with Gasteiger partial charge in [0.25, 0.3) is 0 Å². The van der Waals surface area contributed by atoms with Gasteiger partial charge in [-0.1, -0.05) is 17.7 Å². The molecule has 1 aromatic carbocycles. The van der Waals surface area contributed by atoms with Crippen LogP contribution in [0, 0.1) is 0 Å². The number of likely N-dealkylation sites (tertiary alicyclic amines) is 1. The van der Waals surface area contributed by atoms with E-state index in [2.05, 4.69) is 11.9 Å². The fourth-order valence-corrected chi connectivity index (χ4v) is 2.35. The predicted octanol–water partition coefficient (Wildman–Crippen LogP) is 2.85. The highest BCUT2D eigenvalue weighted by molar-refractivity contribution is 6.30. The van der Waals surface area contributed by atoms with E-state index in [4.69, 9.17) is 11.6 Å². The van der Waals surface area contributed by atoms with E-state index in [1.807, 2.05) is 12.1 Å². The summed E-state index contributed by atoms with van der Waals surface area (Å²) in [5.74, 6) is 0.829. The first-order chi connectivity index (χ1) is 7.16. The first kappa shape index (κ1) is 10.8. The maximum atomic E-state index is 9.81. The molecule has 0 bridgehead atoms. The molecule has 2 rings (SSSR count). The summed E-state index contributed by atoms with van der Waals surface area (Å²) < 4.78 is 0. The number of hydrogen-bond acceptors (Lipinski definition) is 2. The fourth-order valence-electron chi connectivity index (χ4n) is 2.18. The highest BCUT2D eigenvalue weighted by Crippen LogP contribution is 2.34. The van der Waals surface area contributed by atoms with E-state index in [-0.39, 0.29) is 0 Å². The third kappa shape index (κ3) is 2.44. The number of piperidine rings is 1. The van der Waals surface area contributed by atoms with Gasteiger partial charge in [-0.3, -0.25) is 0 Å². The molecule has 0 radical (unpaired) electrons. The van der Waals surface area contributed by atoms with Crippen LogP contribution in [-0.2, 0) is 0 Å². The van der Waals surface area contributed by atoms with Crippen LogP contribution in [0.4, 0.5) is 0 Å². The Morgan fingerprint density at radius 1 is 1.33 bits per heavy atom. The zero-order valence-corrected chi connectivity index (χ0v) is 9.67. The van der Waals surface area contributed by atoms with Crippen molar-refractivity contribution in [3.8, 4) is 5.75 Å². The van der Waals surface area contributed by atoms with Crippen molar-refractivity contribution < 1.29 is 5.11 Å². The second-order valence-electron chi connectivity index (χ2n) is 4.28. The molecule has 0 spiro atoms. The normalized spacial score (nSPS) is 19.3. The fraction of sp³-hybridized carbons (Fsp3) is 0.500. The lowest BCUT2D eigenvalue weighted by Gasteiger charge is -2.29. The lowest BCUT2D eigenvalue weighted by molar-refractivity contribution is 0.253. The van der Waals surface area contributed by atoms with Gasteiger partial charge in [-0.05, 0) is 56.6 Å². The Morgan fingerprint density at radius 3 is 2.60 bits per heavy atom. The topological polar surface area (TPSA) is 23.5 Å². The van der Waals surface area contributed by atoms with Crippen molar-refractivity contribution >= 4 is 11.6 Å². The van der Waals surface area contributed by atoms with E-state index in [0.29, 0.717) is 16.7 Å². The third-order valence-electron chi connectivity index (χ3n) is 3.15. The number of phenolic OH excluding ortho intramolecular Hbond substituents is 1. The quantitative estimate of drug-likeness (QED) is 0.795. The van der Waals surface area contributed by atoms with Crippen LogP contribution in [-0.4, -0.2) is 30.1 Å². The van der Waals surface area contributed by atoms with Crippen LogP contribution in [0.1, 0.15) is 24.3 Å². The number of benzene rings is 1. The molecular formula is C12H16ClNO. The summed E-state index contributed by atoms with van der Waals surface area (Å²) in [6, 6.07) is 5.44. The lowest BCUT2D eigenvalue weighted by atomic mass is 9.89. The van der Waals surface area contributed by atoms with Crippen molar-refractivity contribution in [2.45, 2.75) is 18.8 Å². The first-order valence-corrected chi connectivity index (χ1v) is 5.71. The Morgan fingerprint density at radius 2 is 2.00 bits per heavy atom. The van der Waals surface area contributed by atoms with Crippen molar-refractivity contribution in [3.63, 3.8) is 0 Å². The van der Waals surface area contributed by atoms with Gasteiger partial charge in [0, 0.05) is 5.02 Å². The zero-order valence-electron chi connectivity index (χ0n) is 8.91. The van der Waals surface area contributed by atoms with Crippen molar-refractivity contribution in [3.05, 3.63) is 28.8 Å². The van der Waals surface area contributed by atoms with Gasteiger partial charge in [-0.15, -0.1) is 0 Å². The molecule has 0 atom stereocenters. The Labute approximate surface area is 95.5 Å². The Bertz CT molecular complexity index is 345. The molecular weight excluding hydrogens is 210 g/mol. The molecule has 0 amide bonds. The Balaban J connectivity index is 2.15. The molecule has 2 nitrogen and oxygen atoms in total. The highest BCUT2D eigenvalue weighted by Gasteiger charge is 2.20.